The fraction of sp³-hybridized carbons (Fsp3) is 0. The highest BCUT2D eigenvalue weighted by Gasteiger charge is 1.96. The van der Waals surface area contributed by atoms with Crippen molar-refractivity contribution in [1.29, 1.82) is 0 Å². The molecule has 0 aliphatic heterocycles. The second-order valence-corrected chi connectivity index (χ2v) is 1.67. The molecule has 0 spiro atoms. The van der Waals surface area contributed by atoms with Crippen molar-refractivity contribution in [2.75, 3.05) is 0 Å². The summed E-state index contributed by atoms with van der Waals surface area (Å²) < 4.78 is 8.17. The monoisotopic (exact) mass is 171 g/mol. The zero-order valence-electron chi connectivity index (χ0n) is 5.73. The van der Waals surface area contributed by atoms with Gasteiger partial charge in [0.15, 0.2) is 0 Å². The van der Waals surface area contributed by atoms with E-state index in [1.54, 1.807) is 30.3 Å². The first-order valence-electron chi connectivity index (χ1n) is 2.82. The summed E-state index contributed by atoms with van der Waals surface area (Å²) >= 11 is 0. The minimum Gasteiger partial charge on any atom is -0.478 e. The van der Waals surface area contributed by atoms with Crippen molar-refractivity contribution in [2.45, 2.75) is 0 Å². The molecule has 1 aromatic rings. The second kappa shape index (κ2) is 5.57. The Morgan fingerprint density at radius 3 is 1.91 bits per heavy atom. The molecule has 0 radical (unpaired) electrons. The summed E-state index contributed by atoms with van der Waals surface area (Å²) in [6.45, 7) is 0. The third kappa shape index (κ3) is 3.48. The van der Waals surface area contributed by atoms with Crippen LogP contribution in [0.5, 0.6) is 0 Å². The lowest BCUT2D eigenvalue weighted by molar-refractivity contribution is 0.0697. The quantitative estimate of drug-likeness (QED) is 0.652. The van der Waals surface area contributed by atoms with Crippen LogP contribution in [0.1, 0.15) is 10.4 Å². The Labute approximate surface area is 66.3 Å². The summed E-state index contributed by atoms with van der Waals surface area (Å²) in [5.41, 5.74) is 0.331. The van der Waals surface area contributed by atoms with Crippen LogP contribution >= 0.6 is 9.12 Å². The molecule has 0 fully saturated rings. The fourth-order valence-electron chi connectivity index (χ4n) is 0.581. The van der Waals surface area contributed by atoms with Crippen molar-refractivity contribution in [2.24, 2.45) is 0 Å². The maximum Gasteiger partial charge on any atom is 0.335 e. The number of hydrogen-bond acceptors (Lipinski definition) is 2. The van der Waals surface area contributed by atoms with E-state index in [-0.39, 0.29) is 0 Å². The molecule has 0 saturated carbocycles. The zero-order chi connectivity index (χ0) is 8.69. The van der Waals surface area contributed by atoms with Gasteiger partial charge < -0.3 is 5.11 Å². The maximum absolute atomic E-state index is 10.2. The van der Waals surface area contributed by atoms with Gasteiger partial charge >= 0.3 is 15.1 Å². The lowest BCUT2D eigenvalue weighted by atomic mass is 10.2. The molecule has 4 heteroatoms. The number of carboxylic acids is 1. The number of rotatable bonds is 1. The van der Waals surface area contributed by atoms with E-state index in [0.717, 1.165) is 0 Å². The van der Waals surface area contributed by atoms with Crippen LogP contribution in [0.25, 0.3) is 0 Å². The first-order valence-corrected chi connectivity index (χ1v) is 3.30. The predicted molar refractivity (Wildman–Crippen MR) is 43.8 cm³/mol. The topological polar surface area (TPSA) is 54.4 Å². The van der Waals surface area contributed by atoms with Crippen LogP contribution in [-0.2, 0) is 4.57 Å². The van der Waals surface area contributed by atoms with Gasteiger partial charge in [-0.3, -0.25) is 0 Å². The Morgan fingerprint density at radius 2 is 1.64 bits per heavy atom. The van der Waals surface area contributed by atoms with Gasteiger partial charge in [0.1, 0.15) is 0 Å². The van der Waals surface area contributed by atoms with E-state index in [0.29, 0.717) is 5.56 Å². The molecule has 58 valence electrons. The summed E-state index contributed by atoms with van der Waals surface area (Å²) in [5.74, 6) is -0.879. The molecule has 0 amide bonds. The predicted octanol–water partition coefficient (Wildman–Crippen LogP) is 1.59. The second-order valence-electron chi connectivity index (χ2n) is 1.67. The first-order chi connectivity index (χ1) is 5.30. The Balaban J connectivity index is 0.000000461. The van der Waals surface area contributed by atoms with Crippen LogP contribution in [-0.4, -0.2) is 11.1 Å². The molecule has 0 bridgehead atoms. The van der Waals surface area contributed by atoms with Gasteiger partial charge in [-0.2, -0.15) is 0 Å². The van der Waals surface area contributed by atoms with Gasteiger partial charge in [-0.15, -0.1) is 0 Å². The maximum atomic E-state index is 10.2. The van der Waals surface area contributed by atoms with E-state index in [1.165, 1.54) is 9.12 Å². The number of carbonyl (C=O) groups is 1. The minimum absolute atomic E-state index is 0.331. The molecular weight excluding hydrogens is 163 g/mol. The van der Waals surface area contributed by atoms with Gasteiger partial charge in [-0.1, -0.05) is 22.8 Å². The molecular formula is C7H8O3P+. The summed E-state index contributed by atoms with van der Waals surface area (Å²) in [5, 5.41) is 8.38. The number of hydrogen-bond donors (Lipinski definition) is 1. The molecule has 0 aromatic heterocycles. The number of aromatic carboxylic acids is 1. The Morgan fingerprint density at radius 1 is 1.18 bits per heavy atom. The van der Waals surface area contributed by atoms with E-state index >= 15 is 0 Å². The van der Waals surface area contributed by atoms with Gasteiger partial charge in [-0.05, 0) is 12.1 Å². The van der Waals surface area contributed by atoms with E-state index < -0.39 is 5.97 Å². The number of carboxylic acid groups (broad SMARTS) is 1. The van der Waals surface area contributed by atoms with E-state index in [1.807, 2.05) is 0 Å². The SMILES string of the molecule is O=C(O)c1ccccc1.O=[PH2+]. The lowest BCUT2D eigenvalue weighted by Gasteiger charge is -1.88. The normalized spacial score (nSPS) is 7.64. The van der Waals surface area contributed by atoms with Crippen LogP contribution in [0, 0.1) is 0 Å². The van der Waals surface area contributed by atoms with Crippen molar-refractivity contribution >= 4 is 15.1 Å². The third-order valence-corrected chi connectivity index (χ3v) is 1.02. The standard InChI is InChI=1S/C7H6O2.H2OP/c8-7(9)6-4-2-1-3-5-6;1-2/h1-5H,(H,8,9);2H2/q;+1. The zero-order valence-corrected chi connectivity index (χ0v) is 6.88. The van der Waals surface area contributed by atoms with E-state index in [9.17, 15) is 4.79 Å². The van der Waals surface area contributed by atoms with Gasteiger partial charge in [0, 0.05) is 0 Å². The van der Waals surface area contributed by atoms with Crippen LogP contribution in [0.2, 0.25) is 0 Å². The van der Waals surface area contributed by atoms with Gasteiger partial charge in [-0.25, -0.2) is 4.79 Å². The first kappa shape index (κ1) is 9.79. The molecule has 11 heavy (non-hydrogen) atoms. The van der Waals surface area contributed by atoms with Crippen molar-refractivity contribution in [3.05, 3.63) is 35.9 Å². The van der Waals surface area contributed by atoms with Crippen LogP contribution in [0.4, 0.5) is 0 Å². The molecule has 0 aliphatic rings. The van der Waals surface area contributed by atoms with Crippen molar-refractivity contribution in [3.63, 3.8) is 0 Å². The van der Waals surface area contributed by atoms with Crippen LogP contribution < -0.4 is 0 Å². The van der Waals surface area contributed by atoms with Crippen molar-refractivity contribution in [1.82, 2.24) is 0 Å². The fourth-order valence-corrected chi connectivity index (χ4v) is 0.581. The Hall–Kier alpha value is -1.21. The highest BCUT2D eigenvalue weighted by atomic mass is 31.0. The third-order valence-electron chi connectivity index (χ3n) is 1.02. The summed E-state index contributed by atoms with van der Waals surface area (Å²) in [7, 11) is 1.17. The molecule has 1 N–H and O–H groups in total. The average Bonchev–Trinajstić information content (AvgIpc) is 2.10. The molecule has 1 unspecified atom stereocenters. The highest BCUT2D eigenvalue weighted by Crippen LogP contribution is 1.96. The van der Waals surface area contributed by atoms with Crippen molar-refractivity contribution in [3.8, 4) is 0 Å². The van der Waals surface area contributed by atoms with E-state index in [2.05, 4.69) is 0 Å². The molecule has 0 saturated heterocycles. The largest absolute Gasteiger partial charge is 0.478 e. The van der Waals surface area contributed by atoms with Gasteiger partial charge in [0.25, 0.3) is 0 Å². The molecule has 0 heterocycles. The van der Waals surface area contributed by atoms with E-state index in [4.69, 9.17) is 9.67 Å². The summed E-state index contributed by atoms with van der Waals surface area (Å²) in [4.78, 5) is 10.2. The van der Waals surface area contributed by atoms with Crippen LogP contribution in [0.15, 0.2) is 30.3 Å². The minimum atomic E-state index is -0.879. The molecule has 1 rings (SSSR count). The molecule has 1 atom stereocenters. The highest BCUT2D eigenvalue weighted by molar-refractivity contribution is 7.00. The molecule has 3 nitrogen and oxygen atoms in total. The lowest BCUT2D eigenvalue weighted by Crippen LogP contribution is -1.93. The molecule has 1 aromatic carbocycles. The van der Waals surface area contributed by atoms with Crippen LogP contribution in [0.3, 0.4) is 0 Å². The Kier molecular flexibility index (Phi) is 4.95. The van der Waals surface area contributed by atoms with Crippen molar-refractivity contribution < 1.29 is 14.5 Å². The Bertz CT molecular complexity index is 222. The van der Waals surface area contributed by atoms with Gasteiger partial charge in [0.05, 0.1) is 5.56 Å². The molecule has 0 aliphatic carbocycles. The smallest absolute Gasteiger partial charge is 0.335 e. The summed E-state index contributed by atoms with van der Waals surface area (Å²) in [6, 6.07) is 8.30. The summed E-state index contributed by atoms with van der Waals surface area (Å²) in [6.07, 6.45) is 0. The average molecular weight is 171 g/mol. The number of benzene rings is 1. The van der Waals surface area contributed by atoms with Gasteiger partial charge in [0.2, 0.25) is 0 Å².